The maximum Gasteiger partial charge on any atom is 0.178 e. The predicted octanol–water partition coefficient (Wildman–Crippen LogP) is 1.39. The minimum atomic E-state index is -3.27. The molecule has 0 spiro atoms. The fraction of sp³-hybridized carbons (Fsp3) is 0.182. The average molecular weight is 286 g/mol. The van der Waals surface area contributed by atoms with Gasteiger partial charge in [-0.2, -0.15) is 5.10 Å². The lowest BCUT2D eigenvalue weighted by atomic mass is 10.2. The Balaban J connectivity index is 2.57. The minimum absolute atomic E-state index is 0.158. The number of rotatable bonds is 3. The van der Waals surface area contributed by atoms with Gasteiger partial charge in [-0.15, -0.1) is 0 Å². The number of hydrogen-bond acceptors (Lipinski definition) is 4. The second-order valence-corrected chi connectivity index (χ2v) is 6.26. The van der Waals surface area contributed by atoms with Crippen molar-refractivity contribution >= 4 is 21.4 Å². The van der Waals surface area contributed by atoms with Gasteiger partial charge < -0.3 is 5.73 Å². The molecule has 0 radical (unpaired) electrons. The molecule has 96 valence electrons. The van der Waals surface area contributed by atoms with E-state index in [1.54, 1.807) is 18.2 Å². The Bertz CT molecular complexity index is 679. The number of halogens is 1. The Labute approximate surface area is 110 Å². The molecule has 1 aromatic carbocycles. The van der Waals surface area contributed by atoms with Crippen LogP contribution >= 0.6 is 11.6 Å². The molecule has 2 N–H and O–H groups in total. The van der Waals surface area contributed by atoms with Crippen LogP contribution in [-0.4, -0.2) is 24.5 Å². The monoisotopic (exact) mass is 285 g/mol. The Morgan fingerprint density at radius 2 is 2.17 bits per heavy atom. The minimum Gasteiger partial charge on any atom is -0.326 e. The second-order valence-electron chi connectivity index (χ2n) is 3.83. The normalized spacial score (nSPS) is 11.7. The van der Waals surface area contributed by atoms with E-state index in [0.717, 1.165) is 11.8 Å². The van der Waals surface area contributed by atoms with Gasteiger partial charge in [0.15, 0.2) is 9.84 Å². The van der Waals surface area contributed by atoms with E-state index in [4.69, 9.17) is 17.3 Å². The summed E-state index contributed by atoms with van der Waals surface area (Å²) in [6.07, 6.45) is 3.88. The van der Waals surface area contributed by atoms with Crippen molar-refractivity contribution in [3.63, 3.8) is 0 Å². The van der Waals surface area contributed by atoms with Gasteiger partial charge in [0, 0.05) is 29.6 Å². The highest BCUT2D eigenvalue weighted by molar-refractivity contribution is 7.90. The van der Waals surface area contributed by atoms with Crippen molar-refractivity contribution < 1.29 is 8.42 Å². The number of nitrogens with two attached hydrogens (primary N) is 1. The third-order valence-electron chi connectivity index (χ3n) is 2.53. The van der Waals surface area contributed by atoms with E-state index in [-0.39, 0.29) is 11.4 Å². The highest BCUT2D eigenvalue weighted by Crippen LogP contribution is 2.23. The van der Waals surface area contributed by atoms with Crippen LogP contribution < -0.4 is 5.73 Å². The molecule has 18 heavy (non-hydrogen) atoms. The summed E-state index contributed by atoms with van der Waals surface area (Å²) >= 11 is 6.04. The molecule has 0 atom stereocenters. The van der Waals surface area contributed by atoms with Crippen LogP contribution in [-0.2, 0) is 16.4 Å². The van der Waals surface area contributed by atoms with Crippen molar-refractivity contribution in [2.75, 3.05) is 6.26 Å². The van der Waals surface area contributed by atoms with Gasteiger partial charge in [-0.3, -0.25) is 0 Å². The smallest absolute Gasteiger partial charge is 0.178 e. The summed E-state index contributed by atoms with van der Waals surface area (Å²) in [5.74, 6) is 0. The van der Waals surface area contributed by atoms with Crippen LogP contribution in [0.2, 0.25) is 5.02 Å². The number of nitrogens with zero attached hydrogens (tertiary/aromatic N) is 2. The molecule has 0 bridgehead atoms. The van der Waals surface area contributed by atoms with Crippen LogP contribution in [0.3, 0.4) is 0 Å². The van der Waals surface area contributed by atoms with Gasteiger partial charge >= 0.3 is 0 Å². The van der Waals surface area contributed by atoms with E-state index in [2.05, 4.69) is 5.10 Å². The molecule has 0 fully saturated rings. The third kappa shape index (κ3) is 2.40. The summed E-state index contributed by atoms with van der Waals surface area (Å²) in [6, 6.07) is 5.28. The predicted molar refractivity (Wildman–Crippen MR) is 69.6 cm³/mol. The van der Waals surface area contributed by atoms with Gasteiger partial charge in [-0.05, 0) is 12.1 Å². The lowest BCUT2D eigenvalue weighted by molar-refractivity contribution is 0.602. The maximum atomic E-state index is 11.4. The van der Waals surface area contributed by atoms with Gasteiger partial charge in [0.25, 0.3) is 0 Å². The van der Waals surface area contributed by atoms with Crippen LogP contribution in [0.15, 0.2) is 35.5 Å². The summed E-state index contributed by atoms with van der Waals surface area (Å²) in [7, 11) is -3.27. The summed E-state index contributed by atoms with van der Waals surface area (Å²) in [5.41, 5.74) is 7.04. The largest absolute Gasteiger partial charge is 0.326 e. The van der Waals surface area contributed by atoms with E-state index in [9.17, 15) is 8.42 Å². The fourth-order valence-corrected chi connectivity index (χ4v) is 2.37. The average Bonchev–Trinajstić information content (AvgIpc) is 2.77. The van der Waals surface area contributed by atoms with Crippen molar-refractivity contribution in [2.45, 2.75) is 11.4 Å². The number of benzene rings is 1. The molecule has 0 aliphatic rings. The van der Waals surface area contributed by atoms with Crippen molar-refractivity contribution in [3.05, 3.63) is 41.2 Å². The van der Waals surface area contributed by atoms with Crippen LogP contribution in [0, 0.1) is 0 Å². The first-order chi connectivity index (χ1) is 8.43. The van der Waals surface area contributed by atoms with Gasteiger partial charge in [0.2, 0.25) is 0 Å². The summed E-state index contributed by atoms with van der Waals surface area (Å²) in [5, 5.41) is 4.56. The Morgan fingerprint density at radius 3 is 2.72 bits per heavy atom. The molecule has 2 rings (SSSR count). The zero-order chi connectivity index (χ0) is 13.3. The van der Waals surface area contributed by atoms with Crippen molar-refractivity contribution in [2.24, 2.45) is 5.73 Å². The molecule has 0 aliphatic heterocycles. The SMILES string of the molecule is CS(=O)(=O)c1cnn(-c2cccc(Cl)c2CN)c1. The molecule has 2 aromatic rings. The topological polar surface area (TPSA) is 78.0 Å². The summed E-state index contributed by atoms with van der Waals surface area (Å²) in [6.45, 7) is 0.253. The molecule has 5 nitrogen and oxygen atoms in total. The van der Waals surface area contributed by atoms with Gasteiger partial charge in [0.1, 0.15) is 4.90 Å². The van der Waals surface area contributed by atoms with E-state index >= 15 is 0 Å². The zero-order valence-corrected chi connectivity index (χ0v) is 11.2. The molecule has 0 unspecified atom stereocenters. The van der Waals surface area contributed by atoms with Crippen molar-refractivity contribution in [1.82, 2.24) is 9.78 Å². The summed E-state index contributed by atoms with van der Waals surface area (Å²) < 4.78 is 24.3. The number of aromatic nitrogens is 2. The van der Waals surface area contributed by atoms with Crippen molar-refractivity contribution in [3.8, 4) is 5.69 Å². The lowest BCUT2D eigenvalue weighted by Crippen LogP contribution is -2.05. The number of hydrogen-bond donors (Lipinski definition) is 1. The van der Waals surface area contributed by atoms with Crippen LogP contribution in [0.4, 0.5) is 0 Å². The molecule has 1 aromatic heterocycles. The van der Waals surface area contributed by atoms with E-state index in [1.165, 1.54) is 17.1 Å². The first-order valence-electron chi connectivity index (χ1n) is 5.16. The first-order valence-corrected chi connectivity index (χ1v) is 7.43. The molecule has 0 saturated carbocycles. The molecule has 0 aliphatic carbocycles. The maximum absolute atomic E-state index is 11.4. The van der Waals surface area contributed by atoms with E-state index in [1.807, 2.05) is 0 Å². The highest BCUT2D eigenvalue weighted by atomic mass is 35.5. The highest BCUT2D eigenvalue weighted by Gasteiger charge is 2.13. The lowest BCUT2D eigenvalue weighted by Gasteiger charge is -2.09. The Hall–Kier alpha value is -1.37. The standard InChI is InChI=1S/C11H12ClN3O2S/c1-18(16,17)8-6-14-15(7-8)11-4-2-3-10(12)9(11)5-13/h2-4,6-7H,5,13H2,1H3. The Morgan fingerprint density at radius 1 is 1.44 bits per heavy atom. The van der Waals surface area contributed by atoms with Crippen molar-refractivity contribution in [1.29, 1.82) is 0 Å². The molecule has 0 saturated heterocycles. The summed E-state index contributed by atoms with van der Waals surface area (Å²) in [4.78, 5) is 0.158. The van der Waals surface area contributed by atoms with Gasteiger partial charge in [0.05, 0.1) is 11.9 Å². The fourth-order valence-electron chi connectivity index (χ4n) is 1.59. The molecule has 1 heterocycles. The molecule has 7 heteroatoms. The molecule has 0 amide bonds. The van der Waals surface area contributed by atoms with Gasteiger partial charge in [-0.1, -0.05) is 17.7 Å². The zero-order valence-electron chi connectivity index (χ0n) is 9.67. The number of sulfone groups is 1. The quantitative estimate of drug-likeness (QED) is 0.924. The van der Waals surface area contributed by atoms with E-state index < -0.39 is 9.84 Å². The first kappa shape index (κ1) is 13.1. The molecular weight excluding hydrogens is 274 g/mol. The third-order valence-corrected chi connectivity index (χ3v) is 3.95. The van der Waals surface area contributed by atoms with Crippen LogP contribution in [0.1, 0.15) is 5.56 Å². The van der Waals surface area contributed by atoms with E-state index in [0.29, 0.717) is 10.7 Å². The van der Waals surface area contributed by atoms with Crippen LogP contribution in [0.25, 0.3) is 5.69 Å². The van der Waals surface area contributed by atoms with Gasteiger partial charge in [-0.25, -0.2) is 13.1 Å². The molecular formula is C11H12ClN3O2S. The van der Waals surface area contributed by atoms with Crippen LogP contribution in [0.5, 0.6) is 0 Å². The second kappa shape index (κ2) is 4.72. The Kier molecular flexibility index (Phi) is 3.43.